The van der Waals surface area contributed by atoms with E-state index in [1.54, 1.807) is 13.3 Å². The molecule has 62 valence electrons. The Morgan fingerprint density at radius 1 is 1.40 bits per heavy atom. The van der Waals surface area contributed by atoms with Gasteiger partial charge >= 0.3 is 0 Å². The molecule has 0 aliphatic rings. The molecule has 1 unspecified atom stereocenters. The summed E-state index contributed by atoms with van der Waals surface area (Å²) in [6.45, 7) is 5.88. The molecule has 3 nitrogen and oxygen atoms in total. The minimum Gasteiger partial charge on any atom is -0.234 e. The maximum absolute atomic E-state index is 11.3. The molecule has 1 N–H and O–H groups in total. The van der Waals surface area contributed by atoms with Crippen molar-refractivity contribution in [3.8, 4) is 0 Å². The van der Waals surface area contributed by atoms with Gasteiger partial charge in [0, 0.05) is 18.8 Å². The molecule has 0 aromatic carbocycles. The molecule has 0 amide bonds. The Balaban J connectivity index is 4.33. The van der Waals surface area contributed by atoms with E-state index in [-0.39, 0.29) is 5.54 Å². The van der Waals surface area contributed by atoms with Crippen LogP contribution in [-0.4, -0.2) is 23.1 Å². The SMILES string of the molecule is CN=S(C)(=O)NC(C)(C)C. The molecule has 4 heteroatoms. The first-order chi connectivity index (χ1) is 4.27. The largest absolute Gasteiger partial charge is 0.234 e. The summed E-state index contributed by atoms with van der Waals surface area (Å²) in [6, 6.07) is 0. The second-order valence-corrected chi connectivity index (χ2v) is 5.51. The lowest BCUT2D eigenvalue weighted by molar-refractivity contribution is 0.518. The lowest BCUT2D eigenvalue weighted by atomic mass is 10.1. The third-order valence-electron chi connectivity index (χ3n) is 0.844. The van der Waals surface area contributed by atoms with Crippen molar-refractivity contribution in [2.24, 2.45) is 4.36 Å². The number of rotatable bonds is 1. The van der Waals surface area contributed by atoms with E-state index in [9.17, 15) is 4.21 Å². The minimum atomic E-state index is -2.15. The lowest BCUT2D eigenvalue weighted by Gasteiger charge is -2.20. The molecule has 0 aromatic rings. The van der Waals surface area contributed by atoms with Gasteiger partial charge in [0.25, 0.3) is 0 Å². The van der Waals surface area contributed by atoms with Gasteiger partial charge in [-0.05, 0) is 20.8 Å². The van der Waals surface area contributed by atoms with Crippen molar-refractivity contribution in [3.05, 3.63) is 0 Å². The fraction of sp³-hybridized carbons (Fsp3) is 1.00. The molecule has 0 fully saturated rings. The van der Waals surface area contributed by atoms with Gasteiger partial charge < -0.3 is 0 Å². The Bertz CT molecular complexity index is 208. The normalized spacial score (nSPS) is 18.1. The van der Waals surface area contributed by atoms with Crippen LogP contribution < -0.4 is 4.72 Å². The summed E-state index contributed by atoms with van der Waals surface area (Å²) in [4.78, 5) is 0. The second-order valence-electron chi connectivity index (χ2n) is 3.34. The van der Waals surface area contributed by atoms with Gasteiger partial charge in [0.2, 0.25) is 0 Å². The first kappa shape index (κ1) is 9.91. The van der Waals surface area contributed by atoms with Crippen LogP contribution in [0.1, 0.15) is 20.8 Å². The number of nitrogens with one attached hydrogen (secondary N) is 1. The van der Waals surface area contributed by atoms with Gasteiger partial charge in [-0.25, -0.2) is 13.3 Å². The van der Waals surface area contributed by atoms with Crippen LogP contribution in [0.15, 0.2) is 4.36 Å². The van der Waals surface area contributed by atoms with E-state index in [4.69, 9.17) is 0 Å². The average molecular weight is 164 g/mol. The van der Waals surface area contributed by atoms with Crippen molar-refractivity contribution >= 4 is 9.92 Å². The Morgan fingerprint density at radius 3 is 1.90 bits per heavy atom. The average Bonchev–Trinajstić information content (AvgIpc) is 1.60. The van der Waals surface area contributed by atoms with Crippen LogP contribution in [0.3, 0.4) is 0 Å². The van der Waals surface area contributed by atoms with Crippen molar-refractivity contribution < 1.29 is 4.21 Å². The molecule has 1 atom stereocenters. The third kappa shape index (κ3) is 4.76. The maximum atomic E-state index is 11.3. The van der Waals surface area contributed by atoms with E-state index in [2.05, 4.69) is 9.08 Å². The Hall–Kier alpha value is -0.0900. The van der Waals surface area contributed by atoms with Crippen LogP contribution in [0.25, 0.3) is 0 Å². The van der Waals surface area contributed by atoms with Crippen molar-refractivity contribution in [1.29, 1.82) is 0 Å². The molecule has 0 bridgehead atoms. The van der Waals surface area contributed by atoms with Crippen LogP contribution in [0.5, 0.6) is 0 Å². The van der Waals surface area contributed by atoms with Crippen molar-refractivity contribution in [1.82, 2.24) is 4.72 Å². The summed E-state index contributed by atoms with van der Waals surface area (Å²) in [7, 11) is -0.596. The summed E-state index contributed by atoms with van der Waals surface area (Å²) in [5.74, 6) is 0. The summed E-state index contributed by atoms with van der Waals surface area (Å²) < 4.78 is 17.9. The fourth-order valence-electron chi connectivity index (χ4n) is 0.614. The fourth-order valence-corrected chi connectivity index (χ4v) is 1.84. The minimum absolute atomic E-state index is 0.134. The summed E-state index contributed by atoms with van der Waals surface area (Å²) in [6.07, 6.45) is 1.60. The van der Waals surface area contributed by atoms with E-state index >= 15 is 0 Å². The number of nitrogens with zero attached hydrogens (tertiary/aromatic N) is 1. The molecule has 0 heterocycles. The summed E-state index contributed by atoms with van der Waals surface area (Å²) >= 11 is 0. The number of hydrogen-bond acceptors (Lipinski definition) is 2. The quantitative estimate of drug-likeness (QED) is 0.617. The highest BCUT2D eigenvalue weighted by Gasteiger charge is 2.13. The highest BCUT2D eigenvalue weighted by molar-refractivity contribution is 7.91. The van der Waals surface area contributed by atoms with Crippen LogP contribution in [0.4, 0.5) is 0 Å². The van der Waals surface area contributed by atoms with Gasteiger partial charge in [-0.3, -0.25) is 0 Å². The molecule has 0 aromatic heterocycles. The van der Waals surface area contributed by atoms with Crippen LogP contribution in [0, 0.1) is 0 Å². The topological polar surface area (TPSA) is 41.5 Å². The smallest absolute Gasteiger partial charge is 0.105 e. The van der Waals surface area contributed by atoms with Crippen LogP contribution >= 0.6 is 0 Å². The Morgan fingerprint density at radius 2 is 1.80 bits per heavy atom. The van der Waals surface area contributed by atoms with Crippen molar-refractivity contribution in [2.45, 2.75) is 26.3 Å². The first-order valence-electron chi connectivity index (χ1n) is 3.16. The van der Waals surface area contributed by atoms with Crippen LogP contribution in [-0.2, 0) is 9.92 Å². The zero-order valence-electron chi connectivity index (χ0n) is 7.26. The lowest BCUT2D eigenvalue weighted by Crippen LogP contribution is -2.39. The third-order valence-corrected chi connectivity index (χ3v) is 2.53. The van der Waals surface area contributed by atoms with Crippen molar-refractivity contribution in [3.63, 3.8) is 0 Å². The first-order valence-corrected chi connectivity index (χ1v) is 5.08. The van der Waals surface area contributed by atoms with Gasteiger partial charge in [-0.1, -0.05) is 0 Å². The Kier molecular flexibility index (Phi) is 2.86. The summed E-state index contributed by atoms with van der Waals surface area (Å²) in [5.41, 5.74) is -0.134. The van der Waals surface area contributed by atoms with Gasteiger partial charge in [0.1, 0.15) is 9.92 Å². The standard InChI is InChI=1S/C6H16N2OS/c1-6(2,3)8-10(5,9)7-4/h1-5H3,(H,7,8,9). The van der Waals surface area contributed by atoms with E-state index in [1.165, 1.54) is 0 Å². The van der Waals surface area contributed by atoms with Gasteiger partial charge in [0.15, 0.2) is 0 Å². The summed E-state index contributed by atoms with van der Waals surface area (Å²) in [5, 5.41) is 0. The predicted molar refractivity (Wildman–Crippen MR) is 45.3 cm³/mol. The molecule has 10 heavy (non-hydrogen) atoms. The molecule has 0 aliphatic carbocycles. The number of hydrogen-bond donors (Lipinski definition) is 1. The zero-order chi connectivity index (χ0) is 8.41. The van der Waals surface area contributed by atoms with E-state index in [1.807, 2.05) is 20.8 Å². The molecule has 0 spiro atoms. The maximum Gasteiger partial charge on any atom is 0.105 e. The molecular weight excluding hydrogens is 148 g/mol. The highest BCUT2D eigenvalue weighted by Crippen LogP contribution is 2.01. The molecule has 0 aliphatic heterocycles. The van der Waals surface area contributed by atoms with Gasteiger partial charge in [-0.2, -0.15) is 0 Å². The second kappa shape index (κ2) is 2.88. The van der Waals surface area contributed by atoms with Crippen LogP contribution in [0.2, 0.25) is 0 Å². The molecule has 0 radical (unpaired) electrons. The molecular formula is C6H16N2OS. The Labute approximate surface area is 63.5 Å². The molecule has 0 saturated carbocycles. The molecule has 0 saturated heterocycles. The van der Waals surface area contributed by atoms with E-state index in [0.717, 1.165) is 0 Å². The molecule has 0 rings (SSSR count). The van der Waals surface area contributed by atoms with Gasteiger partial charge in [-0.15, -0.1) is 0 Å². The zero-order valence-corrected chi connectivity index (χ0v) is 8.08. The van der Waals surface area contributed by atoms with E-state index < -0.39 is 9.92 Å². The van der Waals surface area contributed by atoms with Gasteiger partial charge in [0.05, 0.1) is 0 Å². The van der Waals surface area contributed by atoms with Crippen molar-refractivity contribution in [2.75, 3.05) is 13.3 Å². The predicted octanol–water partition coefficient (Wildman–Crippen LogP) is 1.02. The highest BCUT2D eigenvalue weighted by atomic mass is 32.2. The van der Waals surface area contributed by atoms with E-state index in [0.29, 0.717) is 0 Å². The monoisotopic (exact) mass is 164 g/mol.